The number of nitrogens with one attached hydrogen (secondary N) is 3. The highest BCUT2D eigenvalue weighted by Crippen LogP contribution is 2.37. The van der Waals surface area contributed by atoms with Crippen LogP contribution in [0.15, 0.2) is 60.8 Å². The Morgan fingerprint density at radius 3 is 2.81 bits per heavy atom. The molecule has 11 heteroatoms. The summed E-state index contributed by atoms with van der Waals surface area (Å²) in [6.07, 6.45) is 1.80. The summed E-state index contributed by atoms with van der Waals surface area (Å²) in [5.74, 6) is -0.689. The van der Waals surface area contributed by atoms with Crippen LogP contribution in [0.5, 0.6) is 0 Å². The van der Waals surface area contributed by atoms with Gasteiger partial charge in [0.2, 0.25) is 0 Å². The van der Waals surface area contributed by atoms with Crippen LogP contribution < -0.4 is 16.0 Å². The first-order chi connectivity index (χ1) is 17.1. The molecule has 0 atom stereocenters. The molecule has 1 aromatic carbocycles. The molecular formula is C25H24F4N6O. The summed E-state index contributed by atoms with van der Waals surface area (Å²) in [7, 11) is 1.69. The number of hydrogen-bond donors (Lipinski definition) is 3. The molecule has 7 nitrogen and oxygen atoms in total. The third-order valence-electron chi connectivity index (χ3n) is 5.60. The summed E-state index contributed by atoms with van der Waals surface area (Å²) in [6, 6.07) is 6.40. The largest absolute Gasteiger partial charge is 0.417 e. The molecule has 0 bridgehead atoms. The van der Waals surface area contributed by atoms with Gasteiger partial charge in [-0.3, -0.25) is 9.48 Å². The lowest BCUT2D eigenvalue weighted by atomic mass is 10.0. The number of aryl methyl sites for hydroxylation is 1. The second kappa shape index (κ2) is 10.3. The van der Waals surface area contributed by atoms with E-state index in [1.54, 1.807) is 37.5 Å². The number of rotatable bonds is 7. The van der Waals surface area contributed by atoms with Crippen LogP contribution in [0, 0.1) is 0 Å². The number of alkyl halides is 3. The van der Waals surface area contributed by atoms with E-state index in [0.29, 0.717) is 35.3 Å². The average molecular weight is 501 g/mol. The van der Waals surface area contributed by atoms with E-state index in [2.05, 4.69) is 32.6 Å². The quantitative estimate of drug-likeness (QED) is 0.414. The first-order valence-corrected chi connectivity index (χ1v) is 11.1. The number of carbonyl (C=O) groups excluding carboxylic acids is 1. The van der Waals surface area contributed by atoms with Crippen molar-refractivity contribution in [3.8, 4) is 0 Å². The van der Waals surface area contributed by atoms with Gasteiger partial charge in [0.15, 0.2) is 0 Å². The SMILES string of the molecule is C=C(c1nc(/C=C/CNC(=O)c2cnn(C)c2)cc2c(NC3=C(F)CNCC3)cccc12)C(F)(F)F. The smallest absolute Gasteiger partial charge is 0.356 e. The molecule has 0 aliphatic carbocycles. The lowest BCUT2D eigenvalue weighted by Gasteiger charge is -2.20. The van der Waals surface area contributed by atoms with Crippen molar-refractivity contribution in [1.29, 1.82) is 0 Å². The van der Waals surface area contributed by atoms with Crippen molar-refractivity contribution >= 4 is 34.0 Å². The van der Waals surface area contributed by atoms with Gasteiger partial charge >= 0.3 is 6.18 Å². The highest BCUT2D eigenvalue weighted by atomic mass is 19.4. The summed E-state index contributed by atoms with van der Waals surface area (Å²) in [4.78, 5) is 16.4. The highest BCUT2D eigenvalue weighted by molar-refractivity contribution is 6.01. The Hall–Kier alpha value is -3.99. The molecule has 3 heterocycles. The number of benzene rings is 1. The van der Waals surface area contributed by atoms with Crippen LogP contribution >= 0.6 is 0 Å². The van der Waals surface area contributed by atoms with Gasteiger partial charge in [0.05, 0.1) is 28.7 Å². The minimum atomic E-state index is -4.69. The Bertz CT molecular complexity index is 1370. The molecule has 0 fully saturated rings. The maximum atomic E-state index is 14.3. The van der Waals surface area contributed by atoms with Crippen LogP contribution in [0.2, 0.25) is 0 Å². The van der Waals surface area contributed by atoms with Crippen LogP contribution in [0.4, 0.5) is 23.2 Å². The molecule has 2 aromatic heterocycles. The summed E-state index contributed by atoms with van der Waals surface area (Å²) >= 11 is 0. The third-order valence-corrected chi connectivity index (χ3v) is 5.60. The van der Waals surface area contributed by atoms with Gasteiger partial charge < -0.3 is 16.0 Å². The molecule has 0 spiro atoms. The Kier molecular flexibility index (Phi) is 7.20. The zero-order valence-corrected chi connectivity index (χ0v) is 19.4. The molecule has 3 N–H and O–H groups in total. The maximum absolute atomic E-state index is 14.3. The molecule has 0 radical (unpaired) electrons. The molecule has 1 amide bonds. The van der Waals surface area contributed by atoms with Gasteiger partial charge in [0, 0.05) is 61.5 Å². The summed E-state index contributed by atoms with van der Waals surface area (Å²) in [5.41, 5.74) is 0.0443. The molecule has 0 saturated heterocycles. The molecule has 1 aliphatic heterocycles. The van der Waals surface area contributed by atoms with Gasteiger partial charge in [0.25, 0.3) is 5.91 Å². The van der Waals surface area contributed by atoms with E-state index in [1.807, 2.05) is 0 Å². The zero-order valence-electron chi connectivity index (χ0n) is 19.4. The van der Waals surface area contributed by atoms with Crippen LogP contribution in [-0.4, -0.2) is 46.5 Å². The number of carbonyl (C=O) groups is 1. The Morgan fingerprint density at radius 2 is 2.11 bits per heavy atom. The minimum Gasteiger partial charge on any atom is -0.356 e. The standard InChI is InChI=1S/C25H24F4N6O/c1-15(25(27,28)29)23-18-6-3-7-21(34-22-8-10-30-13-20(22)26)19(18)11-17(33-23)5-4-9-31-24(36)16-12-32-35(2)14-16/h3-7,11-12,14,30,34H,1,8-10,13H2,2H3,(H,31,36)/b5-4+. The van der Waals surface area contributed by atoms with Gasteiger partial charge in [-0.15, -0.1) is 0 Å². The van der Waals surface area contributed by atoms with E-state index in [-0.39, 0.29) is 41.6 Å². The first-order valence-electron chi connectivity index (χ1n) is 11.1. The van der Waals surface area contributed by atoms with Crippen LogP contribution in [0.1, 0.15) is 28.2 Å². The summed E-state index contributed by atoms with van der Waals surface area (Å²) in [6.45, 7) is 4.01. The normalized spacial score (nSPS) is 14.5. The van der Waals surface area contributed by atoms with E-state index < -0.39 is 11.7 Å². The molecule has 0 saturated carbocycles. The van der Waals surface area contributed by atoms with Crippen molar-refractivity contribution in [2.45, 2.75) is 12.6 Å². The lowest BCUT2D eigenvalue weighted by molar-refractivity contribution is -0.0688. The number of anilines is 1. The van der Waals surface area contributed by atoms with Gasteiger partial charge in [-0.1, -0.05) is 24.8 Å². The number of aromatic nitrogens is 3. The molecule has 0 unspecified atom stereocenters. The van der Waals surface area contributed by atoms with E-state index >= 15 is 0 Å². The Labute approximate surface area is 204 Å². The Morgan fingerprint density at radius 1 is 1.31 bits per heavy atom. The van der Waals surface area contributed by atoms with E-state index in [9.17, 15) is 22.4 Å². The number of pyridine rings is 1. The number of fused-ring (bicyclic) bond motifs is 1. The van der Waals surface area contributed by atoms with Crippen molar-refractivity contribution in [3.05, 3.63) is 77.8 Å². The Balaban J connectivity index is 1.67. The van der Waals surface area contributed by atoms with Crippen molar-refractivity contribution < 1.29 is 22.4 Å². The summed E-state index contributed by atoms with van der Waals surface area (Å²) < 4.78 is 56.6. The predicted molar refractivity (Wildman–Crippen MR) is 131 cm³/mol. The predicted octanol–water partition coefficient (Wildman–Crippen LogP) is 4.57. The second-order valence-corrected chi connectivity index (χ2v) is 8.22. The fourth-order valence-corrected chi connectivity index (χ4v) is 3.77. The van der Waals surface area contributed by atoms with Crippen LogP contribution in [-0.2, 0) is 7.05 Å². The van der Waals surface area contributed by atoms with Gasteiger partial charge in [-0.05, 0) is 18.2 Å². The topological polar surface area (TPSA) is 83.9 Å². The molecule has 3 aromatic rings. The number of halogens is 4. The van der Waals surface area contributed by atoms with Crippen molar-refractivity contribution in [3.63, 3.8) is 0 Å². The monoisotopic (exact) mass is 500 g/mol. The average Bonchev–Trinajstić information content (AvgIpc) is 3.28. The maximum Gasteiger partial charge on any atom is 0.417 e. The number of hydrogen-bond acceptors (Lipinski definition) is 5. The number of allylic oxidation sites excluding steroid dienone is 1. The first kappa shape index (κ1) is 25.1. The molecule has 1 aliphatic rings. The van der Waals surface area contributed by atoms with Crippen molar-refractivity contribution in [1.82, 2.24) is 25.4 Å². The van der Waals surface area contributed by atoms with Crippen molar-refractivity contribution in [2.75, 3.05) is 25.0 Å². The minimum absolute atomic E-state index is 0.0868. The highest BCUT2D eigenvalue weighted by Gasteiger charge is 2.35. The number of amides is 1. The van der Waals surface area contributed by atoms with Gasteiger partial charge in [-0.2, -0.15) is 18.3 Å². The molecule has 188 valence electrons. The van der Waals surface area contributed by atoms with Gasteiger partial charge in [-0.25, -0.2) is 9.37 Å². The summed E-state index contributed by atoms with van der Waals surface area (Å²) in [5, 5.41) is 13.3. The van der Waals surface area contributed by atoms with Crippen LogP contribution in [0.3, 0.4) is 0 Å². The number of nitrogens with zero attached hydrogens (tertiary/aromatic N) is 3. The fraction of sp³-hybridized carbons (Fsp3) is 0.240. The van der Waals surface area contributed by atoms with E-state index in [1.165, 1.54) is 23.0 Å². The van der Waals surface area contributed by atoms with Gasteiger partial charge in [0.1, 0.15) is 5.83 Å². The molecule has 36 heavy (non-hydrogen) atoms. The molecular weight excluding hydrogens is 476 g/mol. The second-order valence-electron chi connectivity index (χ2n) is 8.22. The van der Waals surface area contributed by atoms with Crippen LogP contribution in [0.25, 0.3) is 22.4 Å². The van der Waals surface area contributed by atoms with E-state index in [0.717, 1.165) is 0 Å². The zero-order chi connectivity index (χ0) is 25.9. The van der Waals surface area contributed by atoms with E-state index in [4.69, 9.17) is 0 Å². The fourth-order valence-electron chi connectivity index (χ4n) is 3.77. The third kappa shape index (κ3) is 5.62. The molecule has 4 rings (SSSR count). The van der Waals surface area contributed by atoms with Crippen molar-refractivity contribution in [2.24, 2.45) is 7.05 Å². The lowest BCUT2D eigenvalue weighted by Crippen LogP contribution is -2.26.